The largest absolute Gasteiger partial charge is 0.480 e. The van der Waals surface area contributed by atoms with Crippen molar-refractivity contribution >= 4 is 11.9 Å². The van der Waals surface area contributed by atoms with Crippen LogP contribution >= 0.6 is 0 Å². The van der Waals surface area contributed by atoms with Gasteiger partial charge in [0.15, 0.2) is 5.96 Å². The molecule has 0 saturated heterocycles. The number of quaternary nitrogens is 1. The van der Waals surface area contributed by atoms with E-state index in [4.69, 9.17) is 22.0 Å². The van der Waals surface area contributed by atoms with Crippen molar-refractivity contribution in [2.75, 3.05) is 34.7 Å². The van der Waals surface area contributed by atoms with Crippen molar-refractivity contribution in [2.24, 2.45) is 11.5 Å². The summed E-state index contributed by atoms with van der Waals surface area (Å²) in [7, 11) is 8.50. The molecule has 0 aliphatic rings. The van der Waals surface area contributed by atoms with E-state index in [-0.39, 0.29) is 5.96 Å². The fourth-order valence-corrected chi connectivity index (χ4v) is 0.669. The number of hydrogen-bond donors (Lipinski definition) is 5. The molecule has 0 fully saturated rings. The molecule has 0 rings (SSSR count). The van der Waals surface area contributed by atoms with Gasteiger partial charge in [-0.1, -0.05) is 0 Å². The lowest BCUT2D eigenvalue weighted by atomic mass is 10.2. The Balaban J connectivity index is 0. The molecule has 0 radical (unpaired) electrons. The van der Waals surface area contributed by atoms with Crippen molar-refractivity contribution in [3.8, 4) is 0 Å². The van der Waals surface area contributed by atoms with E-state index in [0.717, 1.165) is 4.48 Å². The average molecular weight is 248 g/mol. The summed E-state index contributed by atoms with van der Waals surface area (Å²) in [5.74, 6) is -1.11. The molecule has 0 aromatic rings. The van der Waals surface area contributed by atoms with Gasteiger partial charge >= 0.3 is 5.97 Å². The van der Waals surface area contributed by atoms with Crippen LogP contribution in [-0.2, 0) is 4.79 Å². The van der Waals surface area contributed by atoms with Crippen LogP contribution in [-0.4, -0.2) is 62.3 Å². The zero-order valence-electron chi connectivity index (χ0n) is 11.2. The number of guanidine groups is 1. The minimum Gasteiger partial charge on any atom is -0.480 e. The van der Waals surface area contributed by atoms with Crippen molar-refractivity contribution < 1.29 is 14.4 Å². The summed E-state index contributed by atoms with van der Waals surface area (Å²) in [6.07, 6.45) is 0.975. The molecule has 0 heterocycles. The lowest BCUT2D eigenvalue weighted by molar-refractivity contribution is -0.849. The van der Waals surface area contributed by atoms with Gasteiger partial charge in [0.2, 0.25) is 0 Å². The van der Waals surface area contributed by atoms with Crippen LogP contribution in [0.1, 0.15) is 12.8 Å². The van der Waals surface area contributed by atoms with Crippen LogP contribution in [0.5, 0.6) is 0 Å². The fraction of sp³-hybridized carbons (Fsp3) is 0.800. The molecule has 7 nitrogen and oxygen atoms in total. The van der Waals surface area contributed by atoms with Gasteiger partial charge in [0.25, 0.3) is 0 Å². The van der Waals surface area contributed by atoms with E-state index < -0.39 is 12.0 Å². The number of carbonyl (C=O) groups is 1. The maximum Gasteiger partial charge on any atom is 0.320 e. The predicted molar refractivity (Wildman–Crippen MR) is 68.7 cm³/mol. The van der Waals surface area contributed by atoms with Crippen molar-refractivity contribution in [3.05, 3.63) is 0 Å². The highest BCUT2D eigenvalue weighted by atomic mass is 16.4. The molecule has 0 aliphatic heterocycles. The summed E-state index contributed by atoms with van der Waals surface area (Å²) in [6, 6.07) is -0.821. The second-order valence-corrected chi connectivity index (χ2v) is 5.11. The van der Waals surface area contributed by atoms with Gasteiger partial charge in [-0.15, -0.1) is 0 Å². The van der Waals surface area contributed by atoms with Crippen LogP contribution < -0.4 is 16.8 Å². The summed E-state index contributed by atoms with van der Waals surface area (Å²) >= 11 is 0. The SMILES string of the molecule is C[N+](C)(C)C.N=C(N)NCCC[C@H](N)C(=O)O. The quantitative estimate of drug-likeness (QED) is 0.184. The third kappa shape index (κ3) is 25.2. The van der Waals surface area contributed by atoms with E-state index in [1.54, 1.807) is 0 Å². The van der Waals surface area contributed by atoms with Gasteiger partial charge in [0.05, 0.1) is 28.2 Å². The maximum absolute atomic E-state index is 10.2. The maximum atomic E-state index is 10.2. The van der Waals surface area contributed by atoms with Gasteiger partial charge in [-0.3, -0.25) is 10.2 Å². The standard InChI is InChI=1S/C6H14N4O2.C4H12N/c7-4(5(11)12)2-1-3-10-6(8)9;1-5(2,3)4/h4H,1-3,7H2,(H,11,12)(H4,8,9,10);1-4H3/q;+1/t4-;/m0./s1. The molecule has 0 aromatic heterocycles. The summed E-state index contributed by atoms with van der Waals surface area (Å²) < 4.78 is 1.00. The normalized spacial score (nSPS) is 12.1. The lowest BCUT2D eigenvalue weighted by Gasteiger charge is -2.14. The zero-order chi connectivity index (χ0) is 14.1. The van der Waals surface area contributed by atoms with Crippen molar-refractivity contribution in [1.29, 1.82) is 5.41 Å². The number of aliphatic carboxylic acids is 1. The second kappa shape index (κ2) is 8.77. The van der Waals surface area contributed by atoms with Crippen molar-refractivity contribution in [3.63, 3.8) is 0 Å². The molecule has 0 unspecified atom stereocenters. The number of nitrogens with zero attached hydrogens (tertiary/aromatic N) is 1. The van der Waals surface area contributed by atoms with Crippen LogP contribution in [0, 0.1) is 5.41 Å². The van der Waals surface area contributed by atoms with E-state index in [0.29, 0.717) is 19.4 Å². The Hall–Kier alpha value is -1.34. The summed E-state index contributed by atoms with van der Waals surface area (Å²) in [4.78, 5) is 10.2. The highest BCUT2D eigenvalue weighted by Crippen LogP contribution is 1.92. The Kier molecular flexibility index (Phi) is 9.31. The molecule has 0 aromatic carbocycles. The third-order valence-electron chi connectivity index (χ3n) is 1.32. The molecule has 0 saturated carbocycles. The molecular formula is C10H26N5O2+. The first-order valence-corrected chi connectivity index (χ1v) is 5.39. The second-order valence-electron chi connectivity index (χ2n) is 5.11. The van der Waals surface area contributed by atoms with Crippen LogP contribution in [0.15, 0.2) is 0 Å². The highest BCUT2D eigenvalue weighted by molar-refractivity contribution is 5.74. The summed E-state index contributed by atoms with van der Waals surface area (Å²) in [5.41, 5.74) is 10.2. The molecule has 7 heteroatoms. The third-order valence-corrected chi connectivity index (χ3v) is 1.32. The minimum absolute atomic E-state index is 0.112. The van der Waals surface area contributed by atoms with Gasteiger partial charge in [0, 0.05) is 6.54 Å². The molecular weight excluding hydrogens is 222 g/mol. The van der Waals surface area contributed by atoms with E-state index >= 15 is 0 Å². The Morgan fingerprint density at radius 1 is 1.41 bits per heavy atom. The highest BCUT2D eigenvalue weighted by Gasteiger charge is 2.09. The van der Waals surface area contributed by atoms with E-state index in [1.807, 2.05) is 0 Å². The van der Waals surface area contributed by atoms with E-state index in [9.17, 15) is 4.79 Å². The van der Waals surface area contributed by atoms with Gasteiger partial charge in [0.1, 0.15) is 6.04 Å². The Bertz CT molecular complexity index is 231. The van der Waals surface area contributed by atoms with Crippen LogP contribution in [0.2, 0.25) is 0 Å². The zero-order valence-corrected chi connectivity index (χ0v) is 11.2. The van der Waals surface area contributed by atoms with Crippen molar-refractivity contribution in [2.45, 2.75) is 18.9 Å². The van der Waals surface area contributed by atoms with Crippen LogP contribution in [0.25, 0.3) is 0 Å². The fourth-order valence-electron chi connectivity index (χ4n) is 0.669. The predicted octanol–water partition coefficient (Wildman–Crippen LogP) is -1.02. The molecule has 7 N–H and O–H groups in total. The smallest absolute Gasteiger partial charge is 0.320 e. The number of rotatable bonds is 5. The number of hydrogen-bond acceptors (Lipinski definition) is 3. The molecule has 0 spiro atoms. The first-order chi connectivity index (χ1) is 7.54. The Labute approximate surface area is 103 Å². The number of nitrogens with two attached hydrogens (primary N) is 2. The van der Waals surface area contributed by atoms with Gasteiger partial charge < -0.3 is 26.4 Å². The topological polar surface area (TPSA) is 125 Å². The molecule has 17 heavy (non-hydrogen) atoms. The minimum atomic E-state index is -1.00. The summed E-state index contributed by atoms with van der Waals surface area (Å²) in [5, 5.41) is 17.7. The van der Waals surface area contributed by atoms with Gasteiger partial charge in [-0.05, 0) is 12.8 Å². The van der Waals surface area contributed by atoms with Crippen molar-refractivity contribution in [1.82, 2.24) is 5.32 Å². The van der Waals surface area contributed by atoms with E-state index in [1.165, 1.54) is 0 Å². The molecule has 1 atom stereocenters. The summed E-state index contributed by atoms with van der Waals surface area (Å²) in [6.45, 7) is 0.482. The van der Waals surface area contributed by atoms with Crippen LogP contribution in [0.4, 0.5) is 0 Å². The lowest BCUT2D eigenvalue weighted by Crippen LogP contribution is -2.34. The molecule has 0 aliphatic carbocycles. The monoisotopic (exact) mass is 248 g/mol. The van der Waals surface area contributed by atoms with Gasteiger partial charge in [-0.25, -0.2) is 0 Å². The Morgan fingerprint density at radius 3 is 2.12 bits per heavy atom. The number of carboxylic acid groups (broad SMARTS) is 1. The Morgan fingerprint density at radius 2 is 1.82 bits per heavy atom. The average Bonchev–Trinajstić information content (AvgIpc) is 2.08. The molecule has 0 amide bonds. The van der Waals surface area contributed by atoms with Gasteiger partial charge in [-0.2, -0.15) is 0 Å². The molecule has 102 valence electrons. The van der Waals surface area contributed by atoms with Crippen LogP contribution in [0.3, 0.4) is 0 Å². The number of carboxylic acids is 1. The molecule has 0 bridgehead atoms. The first kappa shape index (κ1) is 18.0. The number of nitrogens with one attached hydrogen (secondary N) is 2. The first-order valence-electron chi connectivity index (χ1n) is 5.39. The van der Waals surface area contributed by atoms with E-state index in [2.05, 4.69) is 33.5 Å².